The molecular formula is C11H19N3O. The summed E-state index contributed by atoms with van der Waals surface area (Å²) in [6.45, 7) is 5.37. The molecule has 0 spiro atoms. The van der Waals surface area contributed by atoms with Gasteiger partial charge in [-0.3, -0.25) is 0 Å². The molecule has 0 radical (unpaired) electrons. The second-order valence-corrected chi connectivity index (χ2v) is 3.48. The van der Waals surface area contributed by atoms with E-state index in [-0.39, 0.29) is 6.04 Å². The number of anilines is 1. The van der Waals surface area contributed by atoms with E-state index >= 15 is 0 Å². The van der Waals surface area contributed by atoms with Crippen LogP contribution in [0, 0.1) is 0 Å². The number of hydrogen-bond donors (Lipinski definition) is 2. The first-order valence-corrected chi connectivity index (χ1v) is 5.32. The Balaban J connectivity index is 2.67. The molecule has 0 bridgehead atoms. The molecule has 0 aromatic carbocycles. The van der Waals surface area contributed by atoms with E-state index in [0.717, 1.165) is 18.0 Å². The van der Waals surface area contributed by atoms with Gasteiger partial charge in [-0.2, -0.15) is 0 Å². The second kappa shape index (κ2) is 6.24. The molecule has 1 unspecified atom stereocenters. The maximum absolute atomic E-state index is 5.57. The van der Waals surface area contributed by atoms with E-state index in [4.69, 9.17) is 10.5 Å². The molecule has 4 nitrogen and oxygen atoms in total. The van der Waals surface area contributed by atoms with Crippen molar-refractivity contribution >= 4 is 5.82 Å². The van der Waals surface area contributed by atoms with Gasteiger partial charge in [0.15, 0.2) is 11.6 Å². The van der Waals surface area contributed by atoms with Gasteiger partial charge in [-0.05, 0) is 25.5 Å². The Bertz CT molecular complexity index is 291. The molecule has 1 aromatic rings. The molecule has 84 valence electrons. The molecule has 15 heavy (non-hydrogen) atoms. The van der Waals surface area contributed by atoms with Crippen molar-refractivity contribution in [2.24, 2.45) is 5.73 Å². The zero-order valence-electron chi connectivity index (χ0n) is 9.36. The Hall–Kier alpha value is -1.29. The van der Waals surface area contributed by atoms with Crippen LogP contribution in [0.4, 0.5) is 5.82 Å². The van der Waals surface area contributed by atoms with Crippen LogP contribution in [0.15, 0.2) is 18.3 Å². The maximum Gasteiger partial charge on any atom is 0.168 e. The molecule has 4 heteroatoms. The molecular weight excluding hydrogens is 190 g/mol. The number of nitrogens with one attached hydrogen (secondary N) is 1. The largest absolute Gasteiger partial charge is 0.490 e. The van der Waals surface area contributed by atoms with Crippen LogP contribution in [-0.2, 0) is 0 Å². The van der Waals surface area contributed by atoms with Gasteiger partial charge in [0.1, 0.15) is 0 Å². The third-order valence-electron chi connectivity index (χ3n) is 1.97. The highest BCUT2D eigenvalue weighted by molar-refractivity contribution is 5.50. The molecule has 3 N–H and O–H groups in total. The third kappa shape index (κ3) is 3.75. The van der Waals surface area contributed by atoms with Gasteiger partial charge >= 0.3 is 0 Å². The van der Waals surface area contributed by atoms with Crippen LogP contribution in [0.3, 0.4) is 0 Å². The summed E-state index contributed by atoms with van der Waals surface area (Å²) in [7, 11) is 0. The Morgan fingerprint density at radius 3 is 3.07 bits per heavy atom. The van der Waals surface area contributed by atoms with Crippen molar-refractivity contribution in [3.05, 3.63) is 18.3 Å². The monoisotopic (exact) mass is 209 g/mol. The summed E-state index contributed by atoms with van der Waals surface area (Å²) in [5, 5.41) is 3.21. The molecule has 0 aliphatic rings. The van der Waals surface area contributed by atoms with Gasteiger partial charge < -0.3 is 15.8 Å². The summed E-state index contributed by atoms with van der Waals surface area (Å²) in [4.78, 5) is 4.23. The summed E-state index contributed by atoms with van der Waals surface area (Å²) in [5.74, 6) is 1.56. The van der Waals surface area contributed by atoms with Crippen molar-refractivity contribution in [1.82, 2.24) is 4.98 Å². The lowest BCUT2D eigenvalue weighted by Crippen LogP contribution is -2.25. The van der Waals surface area contributed by atoms with E-state index in [9.17, 15) is 0 Å². The van der Waals surface area contributed by atoms with E-state index < -0.39 is 0 Å². The predicted molar refractivity (Wildman–Crippen MR) is 62.2 cm³/mol. The van der Waals surface area contributed by atoms with E-state index in [1.54, 1.807) is 6.20 Å². The van der Waals surface area contributed by atoms with Crippen molar-refractivity contribution in [2.75, 3.05) is 18.5 Å². The Kier molecular flexibility index (Phi) is 4.90. The van der Waals surface area contributed by atoms with Gasteiger partial charge in [0.2, 0.25) is 0 Å². The second-order valence-electron chi connectivity index (χ2n) is 3.48. The fourth-order valence-corrected chi connectivity index (χ4v) is 1.12. The molecule has 0 fully saturated rings. The summed E-state index contributed by atoms with van der Waals surface area (Å²) < 4.78 is 5.57. The van der Waals surface area contributed by atoms with Crippen LogP contribution >= 0.6 is 0 Å². The number of nitrogens with zero attached hydrogens (tertiary/aromatic N) is 1. The SMILES string of the molecule is CCCOc1cccnc1NC(C)CN. The van der Waals surface area contributed by atoms with E-state index in [1.807, 2.05) is 19.1 Å². The first-order valence-electron chi connectivity index (χ1n) is 5.32. The van der Waals surface area contributed by atoms with Crippen LogP contribution in [0.2, 0.25) is 0 Å². The average Bonchev–Trinajstić information content (AvgIpc) is 2.28. The van der Waals surface area contributed by atoms with Gasteiger partial charge in [0.25, 0.3) is 0 Å². The molecule has 1 rings (SSSR count). The maximum atomic E-state index is 5.57. The number of ether oxygens (including phenoxy) is 1. The van der Waals surface area contributed by atoms with Crippen LogP contribution in [0.1, 0.15) is 20.3 Å². The minimum Gasteiger partial charge on any atom is -0.490 e. The van der Waals surface area contributed by atoms with Crippen molar-refractivity contribution in [1.29, 1.82) is 0 Å². The first kappa shape index (κ1) is 11.8. The molecule has 0 amide bonds. The number of pyridine rings is 1. The topological polar surface area (TPSA) is 60.2 Å². The Labute approximate surface area is 90.8 Å². The average molecular weight is 209 g/mol. The van der Waals surface area contributed by atoms with Crippen molar-refractivity contribution in [3.8, 4) is 5.75 Å². The molecule has 0 saturated carbocycles. The van der Waals surface area contributed by atoms with Crippen molar-refractivity contribution in [2.45, 2.75) is 26.3 Å². The predicted octanol–water partition coefficient (Wildman–Crippen LogP) is 1.63. The lowest BCUT2D eigenvalue weighted by atomic mass is 10.3. The lowest BCUT2D eigenvalue weighted by Gasteiger charge is -2.15. The molecule has 0 aliphatic heterocycles. The molecule has 1 heterocycles. The fraction of sp³-hybridized carbons (Fsp3) is 0.545. The molecule has 1 atom stereocenters. The first-order chi connectivity index (χ1) is 7.27. The Morgan fingerprint density at radius 2 is 2.40 bits per heavy atom. The molecule has 1 aromatic heterocycles. The van der Waals surface area contributed by atoms with Gasteiger partial charge in [-0.15, -0.1) is 0 Å². The van der Waals surface area contributed by atoms with Crippen molar-refractivity contribution < 1.29 is 4.74 Å². The van der Waals surface area contributed by atoms with Crippen molar-refractivity contribution in [3.63, 3.8) is 0 Å². The van der Waals surface area contributed by atoms with E-state index in [1.165, 1.54) is 0 Å². The van der Waals surface area contributed by atoms with Gasteiger partial charge in [0, 0.05) is 18.8 Å². The minimum absolute atomic E-state index is 0.198. The quantitative estimate of drug-likeness (QED) is 0.747. The van der Waals surface area contributed by atoms with Crippen LogP contribution in [-0.4, -0.2) is 24.2 Å². The van der Waals surface area contributed by atoms with Gasteiger partial charge in [-0.25, -0.2) is 4.98 Å². The third-order valence-corrected chi connectivity index (χ3v) is 1.97. The van der Waals surface area contributed by atoms with Gasteiger partial charge in [0.05, 0.1) is 6.61 Å². The lowest BCUT2D eigenvalue weighted by molar-refractivity contribution is 0.317. The smallest absolute Gasteiger partial charge is 0.168 e. The van der Waals surface area contributed by atoms with Crippen LogP contribution < -0.4 is 15.8 Å². The van der Waals surface area contributed by atoms with Gasteiger partial charge in [-0.1, -0.05) is 6.92 Å². The van der Waals surface area contributed by atoms with Crippen LogP contribution in [0.25, 0.3) is 0 Å². The zero-order valence-corrected chi connectivity index (χ0v) is 9.36. The summed E-state index contributed by atoms with van der Waals surface area (Å²) in [6.07, 6.45) is 2.73. The summed E-state index contributed by atoms with van der Waals surface area (Å²) in [6, 6.07) is 3.97. The normalized spacial score (nSPS) is 12.2. The highest BCUT2D eigenvalue weighted by Crippen LogP contribution is 2.21. The molecule has 0 aliphatic carbocycles. The number of nitrogens with two attached hydrogens (primary N) is 1. The fourth-order valence-electron chi connectivity index (χ4n) is 1.12. The van der Waals surface area contributed by atoms with E-state index in [0.29, 0.717) is 13.2 Å². The standard InChI is InChI=1S/C11H19N3O/c1-3-7-15-10-5-4-6-13-11(10)14-9(2)8-12/h4-6,9H,3,7-8,12H2,1-2H3,(H,13,14). The minimum atomic E-state index is 0.198. The number of rotatable bonds is 6. The number of hydrogen-bond acceptors (Lipinski definition) is 4. The highest BCUT2D eigenvalue weighted by atomic mass is 16.5. The highest BCUT2D eigenvalue weighted by Gasteiger charge is 2.06. The summed E-state index contributed by atoms with van der Waals surface area (Å²) in [5.41, 5.74) is 5.54. The van der Waals surface area contributed by atoms with E-state index in [2.05, 4.69) is 17.2 Å². The summed E-state index contributed by atoms with van der Waals surface area (Å²) >= 11 is 0. The molecule has 0 saturated heterocycles. The number of aromatic nitrogens is 1. The van der Waals surface area contributed by atoms with Crippen LogP contribution in [0.5, 0.6) is 5.75 Å². The Morgan fingerprint density at radius 1 is 1.60 bits per heavy atom. The zero-order chi connectivity index (χ0) is 11.1.